The van der Waals surface area contributed by atoms with E-state index in [1.165, 1.54) is 11.3 Å². The van der Waals surface area contributed by atoms with Gasteiger partial charge in [-0.15, -0.1) is 0 Å². The van der Waals surface area contributed by atoms with Crippen LogP contribution in [0.15, 0.2) is 24.4 Å². The number of piperazine rings is 1. The van der Waals surface area contributed by atoms with Gasteiger partial charge in [-0.25, -0.2) is 4.98 Å². The molecule has 1 aromatic heterocycles. The third-order valence-corrected chi connectivity index (χ3v) is 8.15. The normalized spacial score (nSPS) is 27.8. The summed E-state index contributed by atoms with van der Waals surface area (Å²) < 4.78 is 11.3. The number of nitrogens with one attached hydrogen (secondary N) is 1. The van der Waals surface area contributed by atoms with Crippen LogP contribution in [0.1, 0.15) is 39.2 Å². The lowest BCUT2D eigenvalue weighted by molar-refractivity contribution is -0.130. The number of rotatable bonds is 4. The Kier molecular flexibility index (Phi) is 6.29. The molecule has 2 atom stereocenters. The molecule has 0 radical (unpaired) electrons. The summed E-state index contributed by atoms with van der Waals surface area (Å²) in [6.45, 7) is 15.8. The molecule has 0 spiro atoms. The molecule has 3 fully saturated rings. The van der Waals surface area contributed by atoms with Gasteiger partial charge in [-0.2, -0.15) is 0 Å². The van der Waals surface area contributed by atoms with Crippen LogP contribution < -0.4 is 10.2 Å². The molecular weight excluding hydrogens is 428 g/mol. The third kappa shape index (κ3) is 4.53. The van der Waals surface area contributed by atoms with Crippen molar-refractivity contribution in [3.8, 4) is 0 Å². The van der Waals surface area contributed by atoms with Crippen molar-refractivity contribution in [2.45, 2.75) is 46.1 Å². The molecule has 34 heavy (non-hydrogen) atoms. The van der Waals surface area contributed by atoms with E-state index in [-0.39, 0.29) is 22.8 Å². The number of amides is 1. The van der Waals surface area contributed by atoms with Crippen LogP contribution in [0.4, 0.5) is 11.5 Å². The topological polar surface area (TPSA) is 66.9 Å². The highest BCUT2D eigenvalue weighted by molar-refractivity contribution is 5.95. The number of aryl methyl sites for hydroxylation is 1. The smallest absolute Gasteiger partial charge is 0.229 e. The molecular formula is C27H38N4O3. The Bertz CT molecular complexity index is 1060. The van der Waals surface area contributed by atoms with Gasteiger partial charge in [0, 0.05) is 68.1 Å². The Morgan fingerprint density at radius 3 is 2.50 bits per heavy atom. The molecule has 0 unspecified atom stereocenters. The number of fused-ring (bicyclic) bond motifs is 1. The number of hydrogen-bond acceptors (Lipinski definition) is 6. The second-order valence-electron chi connectivity index (χ2n) is 11.2. The summed E-state index contributed by atoms with van der Waals surface area (Å²) in [5.41, 5.74) is 2.54. The lowest BCUT2D eigenvalue weighted by Crippen LogP contribution is -2.56. The number of carbonyl (C=O) groups is 1. The fourth-order valence-corrected chi connectivity index (χ4v) is 5.82. The summed E-state index contributed by atoms with van der Waals surface area (Å²) in [6.07, 6.45) is 3.73. The number of nitrogens with zero attached hydrogens (tertiary/aromatic N) is 3. The van der Waals surface area contributed by atoms with E-state index in [0.717, 1.165) is 63.0 Å². The van der Waals surface area contributed by atoms with Crippen molar-refractivity contribution in [1.29, 1.82) is 0 Å². The molecule has 1 N–H and O–H groups in total. The van der Waals surface area contributed by atoms with Crippen LogP contribution in [0.5, 0.6) is 0 Å². The van der Waals surface area contributed by atoms with E-state index < -0.39 is 0 Å². The summed E-state index contributed by atoms with van der Waals surface area (Å²) in [5.74, 6) is 0.581. The van der Waals surface area contributed by atoms with Crippen molar-refractivity contribution in [2.24, 2.45) is 11.3 Å². The zero-order valence-corrected chi connectivity index (χ0v) is 21.0. The summed E-state index contributed by atoms with van der Waals surface area (Å²) in [6, 6.07) is 6.48. The number of carbonyl (C=O) groups excluding carboxylic acids is 1. The molecule has 7 nitrogen and oxygen atoms in total. The van der Waals surface area contributed by atoms with E-state index in [1.807, 2.05) is 12.3 Å². The van der Waals surface area contributed by atoms with Crippen LogP contribution in [0.2, 0.25) is 0 Å². The highest BCUT2D eigenvalue weighted by Crippen LogP contribution is 2.35. The van der Waals surface area contributed by atoms with Crippen LogP contribution in [-0.4, -0.2) is 73.9 Å². The van der Waals surface area contributed by atoms with E-state index in [2.05, 4.69) is 59.9 Å². The second kappa shape index (κ2) is 9.10. The quantitative estimate of drug-likeness (QED) is 0.739. The summed E-state index contributed by atoms with van der Waals surface area (Å²) in [5, 5.41) is 5.28. The largest absolute Gasteiger partial charge is 0.381 e. The fraction of sp³-hybridized carbons (Fsp3) is 0.630. The zero-order chi connectivity index (χ0) is 23.9. The van der Waals surface area contributed by atoms with E-state index in [0.29, 0.717) is 19.0 Å². The van der Waals surface area contributed by atoms with Gasteiger partial charge in [0.15, 0.2) is 0 Å². The molecule has 7 heteroatoms. The van der Waals surface area contributed by atoms with E-state index in [1.54, 1.807) is 0 Å². The average molecular weight is 467 g/mol. The maximum atomic E-state index is 13.0. The molecule has 2 aromatic rings. The molecule has 0 aliphatic carbocycles. The third-order valence-electron chi connectivity index (χ3n) is 8.15. The highest BCUT2D eigenvalue weighted by Gasteiger charge is 2.39. The molecule has 184 valence electrons. The van der Waals surface area contributed by atoms with Gasteiger partial charge in [-0.1, -0.05) is 13.8 Å². The van der Waals surface area contributed by atoms with Crippen molar-refractivity contribution in [3.63, 3.8) is 0 Å². The molecule has 5 rings (SSSR count). The number of ether oxygens (including phenoxy) is 2. The Morgan fingerprint density at radius 2 is 1.79 bits per heavy atom. The van der Waals surface area contributed by atoms with Crippen LogP contribution in [0.25, 0.3) is 10.8 Å². The minimum atomic E-state index is -0.173. The fourth-order valence-electron chi connectivity index (χ4n) is 5.82. The van der Waals surface area contributed by atoms with Crippen LogP contribution >= 0.6 is 0 Å². The van der Waals surface area contributed by atoms with Crippen LogP contribution in [-0.2, 0) is 14.3 Å². The predicted molar refractivity (Wildman–Crippen MR) is 135 cm³/mol. The number of pyridine rings is 1. The lowest BCUT2D eigenvalue weighted by atomic mass is 9.76. The molecule has 3 saturated heterocycles. The summed E-state index contributed by atoms with van der Waals surface area (Å²) >= 11 is 0. The first kappa shape index (κ1) is 23.5. The average Bonchev–Trinajstić information content (AvgIpc) is 3.26. The van der Waals surface area contributed by atoms with Crippen LogP contribution in [0, 0.1) is 18.3 Å². The second-order valence-corrected chi connectivity index (χ2v) is 11.2. The standard InChI is InChI=1S/C27H38N4O3/c1-19-13-21-16-28-24(29-25(32)22-5-11-33-17-26(22,2)3)15-20(21)14-23(19)30-7-9-31(10-8-30)27(4)6-12-34-18-27/h13-16,22H,5-12,17-18H2,1-4H3,(H,28,29,32)/t22-,27-/m0/s1. The first-order chi connectivity index (χ1) is 16.2. The first-order valence-electron chi connectivity index (χ1n) is 12.6. The van der Waals surface area contributed by atoms with Gasteiger partial charge < -0.3 is 19.7 Å². The zero-order valence-electron chi connectivity index (χ0n) is 21.0. The van der Waals surface area contributed by atoms with Gasteiger partial charge in [0.1, 0.15) is 5.82 Å². The molecule has 1 aromatic carbocycles. The van der Waals surface area contributed by atoms with Crippen molar-refractivity contribution < 1.29 is 14.3 Å². The lowest BCUT2D eigenvalue weighted by Gasteiger charge is -2.44. The first-order valence-corrected chi connectivity index (χ1v) is 12.6. The molecule has 0 saturated carbocycles. The number of aromatic nitrogens is 1. The minimum Gasteiger partial charge on any atom is -0.381 e. The van der Waals surface area contributed by atoms with E-state index >= 15 is 0 Å². The molecule has 4 heterocycles. The van der Waals surface area contributed by atoms with Crippen LogP contribution in [0.3, 0.4) is 0 Å². The SMILES string of the molecule is Cc1cc2cnc(NC(=O)[C@@H]3CCOCC3(C)C)cc2cc1N1CCN([C@@]2(C)CCOC2)CC1. The Labute approximate surface area is 202 Å². The monoisotopic (exact) mass is 466 g/mol. The molecule has 3 aliphatic rings. The molecule has 1 amide bonds. The maximum Gasteiger partial charge on any atom is 0.229 e. The van der Waals surface area contributed by atoms with Gasteiger partial charge in [-0.05, 0) is 61.3 Å². The highest BCUT2D eigenvalue weighted by atomic mass is 16.5. The Morgan fingerprint density at radius 1 is 1.03 bits per heavy atom. The Balaban J connectivity index is 1.31. The van der Waals surface area contributed by atoms with Crippen molar-refractivity contribution in [2.75, 3.05) is 62.8 Å². The predicted octanol–water partition coefficient (Wildman–Crippen LogP) is 3.85. The number of anilines is 2. The van der Waals surface area contributed by atoms with Crippen molar-refractivity contribution in [3.05, 3.63) is 30.0 Å². The molecule has 0 bridgehead atoms. The van der Waals surface area contributed by atoms with Gasteiger partial charge in [0.2, 0.25) is 5.91 Å². The van der Waals surface area contributed by atoms with Gasteiger partial charge in [0.05, 0.1) is 13.2 Å². The van der Waals surface area contributed by atoms with Crippen molar-refractivity contribution in [1.82, 2.24) is 9.88 Å². The maximum absolute atomic E-state index is 13.0. The van der Waals surface area contributed by atoms with E-state index in [4.69, 9.17) is 9.47 Å². The summed E-state index contributed by atoms with van der Waals surface area (Å²) in [7, 11) is 0. The van der Waals surface area contributed by atoms with Gasteiger partial charge in [-0.3, -0.25) is 9.69 Å². The van der Waals surface area contributed by atoms with Gasteiger partial charge in [0.25, 0.3) is 0 Å². The number of hydrogen-bond donors (Lipinski definition) is 1. The van der Waals surface area contributed by atoms with E-state index in [9.17, 15) is 4.79 Å². The Hall–Kier alpha value is -2.22. The number of benzene rings is 1. The summed E-state index contributed by atoms with van der Waals surface area (Å²) in [4.78, 5) is 22.7. The van der Waals surface area contributed by atoms with Crippen molar-refractivity contribution >= 4 is 28.2 Å². The minimum absolute atomic E-state index is 0.0352. The molecule has 3 aliphatic heterocycles. The van der Waals surface area contributed by atoms with Gasteiger partial charge >= 0.3 is 0 Å².